The summed E-state index contributed by atoms with van der Waals surface area (Å²) in [6.07, 6.45) is 0.943. The molecule has 0 bridgehead atoms. The van der Waals surface area contributed by atoms with Crippen molar-refractivity contribution in [1.29, 1.82) is 0 Å². The predicted molar refractivity (Wildman–Crippen MR) is 83.9 cm³/mol. The fraction of sp³-hybridized carbons (Fsp3) is 0.500. The molecule has 0 spiro atoms. The maximum atomic E-state index is 12.0. The zero-order valence-electron chi connectivity index (χ0n) is 11.4. The van der Waals surface area contributed by atoms with E-state index in [1.807, 2.05) is 6.07 Å². The molecule has 1 N–H and O–H groups in total. The van der Waals surface area contributed by atoms with E-state index in [4.69, 9.17) is 11.6 Å². The van der Waals surface area contributed by atoms with Gasteiger partial charge in [0.25, 0.3) is 5.91 Å². The van der Waals surface area contributed by atoms with Crippen molar-refractivity contribution >= 4 is 33.4 Å². The highest BCUT2D eigenvalue weighted by molar-refractivity contribution is 9.10. The zero-order valence-corrected chi connectivity index (χ0v) is 13.7. The van der Waals surface area contributed by atoms with Crippen LogP contribution >= 0.6 is 27.5 Å². The molecule has 19 heavy (non-hydrogen) atoms. The van der Waals surface area contributed by atoms with Gasteiger partial charge in [-0.05, 0) is 54.1 Å². The van der Waals surface area contributed by atoms with Gasteiger partial charge in [0, 0.05) is 11.0 Å². The number of amides is 1. The van der Waals surface area contributed by atoms with E-state index in [0.29, 0.717) is 17.1 Å². The normalized spacial score (nSPS) is 10.8. The van der Waals surface area contributed by atoms with Gasteiger partial charge in [-0.2, -0.15) is 0 Å². The molecule has 0 atom stereocenters. The van der Waals surface area contributed by atoms with Crippen LogP contribution in [0.5, 0.6) is 0 Å². The summed E-state index contributed by atoms with van der Waals surface area (Å²) >= 11 is 9.40. The van der Waals surface area contributed by atoms with Crippen LogP contribution in [0.2, 0.25) is 5.02 Å². The van der Waals surface area contributed by atoms with Gasteiger partial charge in [-0.3, -0.25) is 4.79 Å². The molecule has 0 unspecified atom stereocenters. The van der Waals surface area contributed by atoms with Gasteiger partial charge >= 0.3 is 0 Å². The van der Waals surface area contributed by atoms with E-state index in [1.54, 1.807) is 12.1 Å². The van der Waals surface area contributed by atoms with Crippen LogP contribution in [-0.2, 0) is 0 Å². The van der Waals surface area contributed by atoms with Crippen LogP contribution in [0, 0.1) is 0 Å². The number of hydrogen-bond donors (Lipinski definition) is 1. The second-order valence-electron chi connectivity index (χ2n) is 4.24. The molecule has 1 amide bonds. The van der Waals surface area contributed by atoms with E-state index >= 15 is 0 Å². The number of halogens is 2. The Labute approximate surface area is 128 Å². The van der Waals surface area contributed by atoms with Gasteiger partial charge in [0.1, 0.15) is 0 Å². The molecule has 0 heterocycles. The van der Waals surface area contributed by atoms with Crippen molar-refractivity contribution in [3.8, 4) is 0 Å². The van der Waals surface area contributed by atoms with Crippen LogP contribution in [0.3, 0.4) is 0 Å². The molecule has 106 valence electrons. The minimum absolute atomic E-state index is 0.120. The second-order valence-corrected chi connectivity index (χ2v) is 5.47. The molecule has 0 saturated heterocycles. The second kappa shape index (κ2) is 8.56. The highest BCUT2D eigenvalue weighted by Gasteiger charge is 2.11. The molecule has 1 aromatic rings. The van der Waals surface area contributed by atoms with Crippen molar-refractivity contribution in [3.63, 3.8) is 0 Å². The fourth-order valence-electron chi connectivity index (χ4n) is 1.82. The average molecular weight is 348 g/mol. The van der Waals surface area contributed by atoms with E-state index in [-0.39, 0.29) is 5.91 Å². The third-order valence-corrected chi connectivity index (χ3v) is 4.32. The molecule has 0 aliphatic rings. The smallest absolute Gasteiger partial charge is 0.252 e. The van der Waals surface area contributed by atoms with Gasteiger partial charge in [0.15, 0.2) is 0 Å². The third-order valence-electron chi connectivity index (χ3n) is 3.03. The molecule has 0 aromatic heterocycles. The van der Waals surface area contributed by atoms with E-state index in [0.717, 1.165) is 30.5 Å². The van der Waals surface area contributed by atoms with E-state index < -0.39 is 0 Å². The first kappa shape index (κ1) is 16.5. The van der Waals surface area contributed by atoms with Crippen LogP contribution in [0.1, 0.15) is 30.6 Å². The lowest BCUT2D eigenvalue weighted by Gasteiger charge is -2.17. The van der Waals surface area contributed by atoms with Crippen LogP contribution in [0.25, 0.3) is 0 Å². The molecular formula is C14H20BrClN2O. The number of nitrogens with zero attached hydrogens (tertiary/aromatic N) is 1. The monoisotopic (exact) mass is 346 g/mol. The van der Waals surface area contributed by atoms with Crippen molar-refractivity contribution in [2.45, 2.75) is 20.3 Å². The summed E-state index contributed by atoms with van der Waals surface area (Å²) in [5.74, 6) is -0.120. The zero-order chi connectivity index (χ0) is 14.3. The fourth-order valence-corrected chi connectivity index (χ4v) is 2.40. The Kier molecular flexibility index (Phi) is 7.42. The largest absolute Gasteiger partial charge is 0.352 e. The van der Waals surface area contributed by atoms with Gasteiger partial charge in [-0.15, -0.1) is 0 Å². The Bertz CT molecular complexity index is 422. The lowest BCUT2D eigenvalue weighted by molar-refractivity contribution is 0.0952. The first-order chi connectivity index (χ1) is 9.10. The highest BCUT2D eigenvalue weighted by atomic mass is 79.9. The summed E-state index contributed by atoms with van der Waals surface area (Å²) < 4.78 is 0.741. The summed E-state index contributed by atoms with van der Waals surface area (Å²) in [6, 6.07) is 5.35. The van der Waals surface area contributed by atoms with Gasteiger partial charge in [0.2, 0.25) is 0 Å². The number of carbonyl (C=O) groups is 1. The van der Waals surface area contributed by atoms with Crippen LogP contribution < -0.4 is 5.32 Å². The summed E-state index contributed by atoms with van der Waals surface area (Å²) in [5, 5.41) is 3.36. The van der Waals surface area contributed by atoms with Crippen LogP contribution in [0.15, 0.2) is 22.7 Å². The Morgan fingerprint density at radius 3 is 2.68 bits per heavy atom. The topological polar surface area (TPSA) is 32.3 Å². The molecule has 1 rings (SSSR count). The molecule has 0 fully saturated rings. The molecule has 3 nitrogen and oxygen atoms in total. The molecule has 0 aliphatic heterocycles. The molecule has 1 aromatic carbocycles. The number of nitrogens with one attached hydrogen (secondary N) is 1. The van der Waals surface area contributed by atoms with Crippen molar-refractivity contribution in [2.75, 3.05) is 26.2 Å². The maximum Gasteiger partial charge on any atom is 0.252 e. The minimum Gasteiger partial charge on any atom is -0.352 e. The highest BCUT2D eigenvalue weighted by Crippen LogP contribution is 2.25. The van der Waals surface area contributed by atoms with Crippen molar-refractivity contribution in [1.82, 2.24) is 10.2 Å². The predicted octanol–water partition coefficient (Wildman–Crippen LogP) is 3.56. The van der Waals surface area contributed by atoms with Gasteiger partial charge in [-0.1, -0.05) is 31.5 Å². The number of benzene rings is 1. The lowest BCUT2D eigenvalue weighted by Crippen LogP contribution is -2.30. The van der Waals surface area contributed by atoms with Gasteiger partial charge < -0.3 is 10.2 Å². The first-order valence-electron chi connectivity index (χ1n) is 6.54. The Morgan fingerprint density at radius 1 is 1.37 bits per heavy atom. The van der Waals surface area contributed by atoms with E-state index in [1.165, 1.54) is 0 Å². The van der Waals surface area contributed by atoms with Gasteiger partial charge in [0.05, 0.1) is 10.6 Å². The number of rotatable bonds is 7. The summed E-state index contributed by atoms with van der Waals surface area (Å²) in [4.78, 5) is 14.3. The molecule has 0 aliphatic carbocycles. The molecule has 5 heteroatoms. The molecule has 0 saturated carbocycles. The van der Waals surface area contributed by atoms with Crippen LogP contribution in [0.4, 0.5) is 0 Å². The Hall–Kier alpha value is -0.580. The van der Waals surface area contributed by atoms with Crippen LogP contribution in [-0.4, -0.2) is 37.0 Å². The Balaban J connectivity index is 2.41. The summed E-state index contributed by atoms with van der Waals surface area (Å²) in [6.45, 7) is 8.04. The standard InChI is InChI=1S/C14H20BrClN2O/c1-3-18(4-2)10-6-9-17-14(19)11-7-5-8-12(15)13(11)16/h5,7-8H,3-4,6,9-10H2,1-2H3,(H,17,19). The number of hydrogen-bond acceptors (Lipinski definition) is 2. The quantitative estimate of drug-likeness (QED) is 0.765. The lowest BCUT2D eigenvalue weighted by atomic mass is 10.2. The SMILES string of the molecule is CCN(CC)CCCNC(=O)c1cccc(Br)c1Cl. The van der Waals surface area contributed by atoms with Crippen molar-refractivity contribution in [3.05, 3.63) is 33.3 Å². The average Bonchev–Trinajstić information content (AvgIpc) is 2.42. The first-order valence-corrected chi connectivity index (χ1v) is 7.71. The van der Waals surface area contributed by atoms with E-state index in [9.17, 15) is 4.79 Å². The number of carbonyl (C=O) groups excluding carboxylic acids is 1. The summed E-state index contributed by atoms with van der Waals surface area (Å²) in [5.41, 5.74) is 0.513. The molecular weight excluding hydrogens is 328 g/mol. The maximum absolute atomic E-state index is 12.0. The van der Waals surface area contributed by atoms with Crippen molar-refractivity contribution in [2.24, 2.45) is 0 Å². The minimum atomic E-state index is -0.120. The molecule has 0 radical (unpaired) electrons. The summed E-state index contributed by atoms with van der Waals surface area (Å²) in [7, 11) is 0. The van der Waals surface area contributed by atoms with Gasteiger partial charge in [-0.25, -0.2) is 0 Å². The van der Waals surface area contributed by atoms with E-state index in [2.05, 4.69) is 40.0 Å². The van der Waals surface area contributed by atoms with Crippen molar-refractivity contribution < 1.29 is 4.79 Å². The Morgan fingerprint density at radius 2 is 2.05 bits per heavy atom. The third kappa shape index (κ3) is 5.13.